The van der Waals surface area contributed by atoms with Crippen molar-refractivity contribution in [3.8, 4) is 11.5 Å². The van der Waals surface area contributed by atoms with Crippen molar-refractivity contribution < 1.29 is 24.1 Å². The maximum atomic E-state index is 12.3. The van der Waals surface area contributed by atoms with Gasteiger partial charge in [0.15, 0.2) is 0 Å². The number of alkyl carbamates (subject to hydrolysis) is 1. The number of benzene rings is 2. The van der Waals surface area contributed by atoms with Crippen molar-refractivity contribution in [1.82, 2.24) is 10.6 Å². The Bertz CT molecular complexity index is 814. The number of amides is 1. The molecule has 0 aliphatic heterocycles. The highest BCUT2D eigenvalue weighted by Gasteiger charge is 2.24. The number of hydrogen-bond acceptors (Lipinski definition) is 6. The molecular formula is C25H36N2O5. The van der Waals surface area contributed by atoms with Crippen molar-refractivity contribution in [2.24, 2.45) is 0 Å². The lowest BCUT2D eigenvalue weighted by molar-refractivity contribution is 0.0423. The number of rotatable bonds is 11. The van der Waals surface area contributed by atoms with Crippen molar-refractivity contribution in [2.45, 2.75) is 51.4 Å². The SMILES string of the molecule is COc1cc(CCNC[C@H](O)[C@H](Cc2ccccc2)NC(=O)OC(C)(C)C)cc(OC)c1. The number of ether oxygens (including phenoxy) is 3. The molecule has 0 bridgehead atoms. The fourth-order valence-electron chi connectivity index (χ4n) is 3.25. The first kappa shape index (κ1) is 25.5. The van der Waals surface area contributed by atoms with Crippen molar-refractivity contribution >= 4 is 6.09 Å². The van der Waals surface area contributed by atoms with E-state index >= 15 is 0 Å². The second-order valence-electron chi connectivity index (χ2n) is 8.68. The van der Waals surface area contributed by atoms with Crippen molar-refractivity contribution in [3.05, 3.63) is 59.7 Å². The lowest BCUT2D eigenvalue weighted by Gasteiger charge is -2.27. The maximum Gasteiger partial charge on any atom is 0.407 e. The summed E-state index contributed by atoms with van der Waals surface area (Å²) in [7, 11) is 3.25. The summed E-state index contributed by atoms with van der Waals surface area (Å²) < 4.78 is 16.0. The highest BCUT2D eigenvalue weighted by Crippen LogP contribution is 2.22. The highest BCUT2D eigenvalue weighted by molar-refractivity contribution is 5.68. The zero-order valence-electron chi connectivity index (χ0n) is 19.7. The topological polar surface area (TPSA) is 89.1 Å². The van der Waals surface area contributed by atoms with E-state index in [0.717, 1.165) is 29.0 Å². The Morgan fingerprint density at radius 3 is 2.19 bits per heavy atom. The molecule has 0 fully saturated rings. The molecule has 0 saturated carbocycles. The number of nitrogens with one attached hydrogen (secondary N) is 2. The van der Waals surface area contributed by atoms with Gasteiger partial charge in [-0.3, -0.25) is 0 Å². The molecule has 2 atom stereocenters. The molecular weight excluding hydrogens is 408 g/mol. The Labute approximate surface area is 191 Å². The van der Waals surface area contributed by atoms with Crippen LogP contribution in [0.15, 0.2) is 48.5 Å². The van der Waals surface area contributed by atoms with Gasteiger partial charge in [0.2, 0.25) is 0 Å². The standard InChI is InChI=1S/C25H36N2O5/c1-25(2,3)32-24(29)27-22(15-18-9-7-6-8-10-18)23(28)17-26-12-11-19-13-20(30-4)16-21(14-19)31-5/h6-10,13-14,16,22-23,26,28H,11-12,15,17H2,1-5H3,(H,27,29)/t22-,23-/m0/s1. The van der Waals surface area contributed by atoms with E-state index in [2.05, 4.69) is 10.6 Å². The number of carbonyl (C=O) groups is 1. The summed E-state index contributed by atoms with van der Waals surface area (Å²) in [6.45, 7) is 6.41. The summed E-state index contributed by atoms with van der Waals surface area (Å²) in [5, 5.41) is 16.9. The molecule has 2 aromatic rings. The molecule has 7 heteroatoms. The third-order valence-corrected chi connectivity index (χ3v) is 4.82. The molecule has 3 N–H and O–H groups in total. The molecule has 2 rings (SSSR count). The molecule has 0 spiro atoms. The first-order chi connectivity index (χ1) is 15.2. The number of aliphatic hydroxyl groups is 1. The van der Waals surface area contributed by atoms with Crippen LogP contribution in [-0.4, -0.2) is 56.3 Å². The Hall–Kier alpha value is -2.77. The quantitative estimate of drug-likeness (QED) is 0.461. The molecule has 176 valence electrons. The minimum Gasteiger partial charge on any atom is -0.497 e. The van der Waals surface area contributed by atoms with Gasteiger partial charge < -0.3 is 30.0 Å². The monoisotopic (exact) mass is 444 g/mol. The molecule has 1 amide bonds. The van der Waals surface area contributed by atoms with E-state index in [1.165, 1.54) is 0 Å². The van der Waals surface area contributed by atoms with Gasteiger partial charge >= 0.3 is 6.09 Å². The summed E-state index contributed by atoms with van der Waals surface area (Å²) in [6, 6.07) is 15.0. The van der Waals surface area contributed by atoms with E-state index in [0.29, 0.717) is 19.5 Å². The number of aliphatic hydroxyl groups excluding tert-OH is 1. The molecule has 2 aromatic carbocycles. The van der Waals surface area contributed by atoms with Gasteiger partial charge in [-0.05, 0) is 63.4 Å². The van der Waals surface area contributed by atoms with Crippen LogP contribution in [0.25, 0.3) is 0 Å². The second kappa shape index (κ2) is 12.3. The van der Waals surface area contributed by atoms with E-state index in [1.807, 2.05) is 69.3 Å². The van der Waals surface area contributed by atoms with Crippen LogP contribution in [0, 0.1) is 0 Å². The molecule has 0 saturated heterocycles. The third kappa shape index (κ3) is 9.16. The predicted octanol–water partition coefficient (Wildman–Crippen LogP) is 3.33. The number of carbonyl (C=O) groups excluding carboxylic acids is 1. The van der Waals surface area contributed by atoms with E-state index < -0.39 is 23.8 Å². The average Bonchev–Trinajstić information content (AvgIpc) is 2.75. The van der Waals surface area contributed by atoms with Gasteiger partial charge in [-0.15, -0.1) is 0 Å². The molecule has 0 aliphatic carbocycles. The molecule has 7 nitrogen and oxygen atoms in total. The normalized spacial score (nSPS) is 13.2. The van der Waals surface area contributed by atoms with Crippen LogP contribution in [0.4, 0.5) is 4.79 Å². The van der Waals surface area contributed by atoms with Crippen LogP contribution in [0.5, 0.6) is 11.5 Å². The Kier molecular flexibility index (Phi) is 9.81. The Balaban J connectivity index is 1.93. The zero-order chi connectivity index (χ0) is 23.6. The van der Waals surface area contributed by atoms with Crippen LogP contribution in [-0.2, 0) is 17.6 Å². The fraction of sp³-hybridized carbons (Fsp3) is 0.480. The van der Waals surface area contributed by atoms with Crippen LogP contribution in [0.2, 0.25) is 0 Å². The van der Waals surface area contributed by atoms with Gasteiger partial charge in [-0.1, -0.05) is 30.3 Å². The zero-order valence-corrected chi connectivity index (χ0v) is 19.7. The van der Waals surface area contributed by atoms with E-state index in [9.17, 15) is 9.90 Å². The van der Waals surface area contributed by atoms with Gasteiger partial charge in [-0.25, -0.2) is 4.79 Å². The molecule has 0 radical (unpaired) electrons. The fourth-order valence-corrected chi connectivity index (χ4v) is 3.25. The van der Waals surface area contributed by atoms with Gasteiger partial charge in [0.1, 0.15) is 17.1 Å². The molecule has 0 heterocycles. The Morgan fingerprint density at radius 2 is 1.62 bits per heavy atom. The lowest BCUT2D eigenvalue weighted by Crippen LogP contribution is -2.50. The number of hydrogen-bond donors (Lipinski definition) is 3. The van der Waals surface area contributed by atoms with Crippen LogP contribution in [0.1, 0.15) is 31.9 Å². The molecule has 32 heavy (non-hydrogen) atoms. The van der Waals surface area contributed by atoms with Gasteiger partial charge in [-0.2, -0.15) is 0 Å². The van der Waals surface area contributed by atoms with Crippen molar-refractivity contribution in [3.63, 3.8) is 0 Å². The van der Waals surface area contributed by atoms with E-state index in [-0.39, 0.29) is 0 Å². The number of methoxy groups -OCH3 is 2. The lowest BCUT2D eigenvalue weighted by atomic mass is 10.0. The van der Waals surface area contributed by atoms with E-state index in [1.54, 1.807) is 14.2 Å². The summed E-state index contributed by atoms with van der Waals surface area (Å²) in [5.41, 5.74) is 1.48. The molecule has 0 aromatic heterocycles. The average molecular weight is 445 g/mol. The van der Waals surface area contributed by atoms with Gasteiger partial charge in [0, 0.05) is 12.6 Å². The van der Waals surface area contributed by atoms with Crippen LogP contribution < -0.4 is 20.1 Å². The summed E-state index contributed by atoms with van der Waals surface area (Å²) in [4.78, 5) is 12.3. The second-order valence-corrected chi connectivity index (χ2v) is 8.68. The van der Waals surface area contributed by atoms with Gasteiger partial charge in [0.05, 0.1) is 26.4 Å². The summed E-state index contributed by atoms with van der Waals surface area (Å²) >= 11 is 0. The first-order valence-electron chi connectivity index (χ1n) is 10.8. The van der Waals surface area contributed by atoms with Gasteiger partial charge in [0.25, 0.3) is 0 Å². The van der Waals surface area contributed by atoms with Crippen molar-refractivity contribution in [2.75, 3.05) is 27.3 Å². The minimum atomic E-state index is -0.789. The highest BCUT2D eigenvalue weighted by atomic mass is 16.6. The van der Waals surface area contributed by atoms with Crippen LogP contribution in [0.3, 0.4) is 0 Å². The largest absolute Gasteiger partial charge is 0.497 e. The summed E-state index contributed by atoms with van der Waals surface area (Å²) in [5.74, 6) is 1.48. The minimum absolute atomic E-state index is 0.328. The van der Waals surface area contributed by atoms with Crippen LogP contribution >= 0.6 is 0 Å². The van der Waals surface area contributed by atoms with Crippen molar-refractivity contribution in [1.29, 1.82) is 0 Å². The molecule has 0 unspecified atom stereocenters. The third-order valence-electron chi connectivity index (χ3n) is 4.82. The Morgan fingerprint density at radius 1 is 1.00 bits per heavy atom. The van der Waals surface area contributed by atoms with E-state index in [4.69, 9.17) is 14.2 Å². The maximum absolute atomic E-state index is 12.3. The summed E-state index contributed by atoms with van der Waals surface area (Å²) in [6.07, 6.45) is -0.0948. The predicted molar refractivity (Wildman–Crippen MR) is 125 cm³/mol. The smallest absolute Gasteiger partial charge is 0.407 e. The molecule has 0 aliphatic rings. The first-order valence-corrected chi connectivity index (χ1v) is 10.8.